The fourth-order valence-corrected chi connectivity index (χ4v) is 3.39. The minimum atomic E-state index is -4.42. The topological polar surface area (TPSA) is 96.2 Å². The summed E-state index contributed by atoms with van der Waals surface area (Å²) in [7, 11) is 0. The number of aromatic nitrogens is 2. The molecule has 0 spiro atoms. The number of carbonyl (C=O) groups excluding carboxylic acids is 1. The van der Waals surface area contributed by atoms with Crippen molar-refractivity contribution in [2.24, 2.45) is 0 Å². The van der Waals surface area contributed by atoms with Crippen molar-refractivity contribution in [2.75, 3.05) is 18.5 Å². The van der Waals surface area contributed by atoms with Crippen LogP contribution in [0, 0.1) is 0 Å². The van der Waals surface area contributed by atoms with Crippen molar-refractivity contribution < 1.29 is 23.1 Å². The first-order valence-corrected chi connectivity index (χ1v) is 10.4. The second-order valence-electron chi connectivity index (χ2n) is 7.87. The molecule has 0 fully saturated rings. The van der Waals surface area contributed by atoms with E-state index in [1.165, 1.54) is 10.6 Å². The average molecular weight is 462 g/mol. The van der Waals surface area contributed by atoms with Gasteiger partial charge in [0.05, 0.1) is 16.6 Å². The van der Waals surface area contributed by atoms with Crippen LogP contribution in [0.25, 0.3) is 11.0 Å². The van der Waals surface area contributed by atoms with Gasteiger partial charge in [-0.25, -0.2) is 4.98 Å². The fourth-order valence-electron chi connectivity index (χ4n) is 3.39. The molecule has 0 bridgehead atoms. The molecule has 3 N–H and O–H groups in total. The highest BCUT2D eigenvalue weighted by Crippen LogP contribution is 2.29. The summed E-state index contributed by atoms with van der Waals surface area (Å²) >= 11 is 0. The van der Waals surface area contributed by atoms with Crippen LogP contribution in [0.4, 0.5) is 18.9 Å². The summed E-state index contributed by atoms with van der Waals surface area (Å²) in [6, 6.07) is 10.2. The smallest absolute Gasteiger partial charge is 0.387 e. The number of rotatable bonds is 8. The molecule has 176 valence electrons. The second-order valence-corrected chi connectivity index (χ2v) is 7.87. The zero-order chi connectivity index (χ0) is 24.2. The molecule has 10 heteroatoms. The summed E-state index contributed by atoms with van der Waals surface area (Å²) < 4.78 is 40.4. The lowest BCUT2D eigenvalue weighted by atomic mass is 10.1. The maximum absolute atomic E-state index is 13.0. The van der Waals surface area contributed by atoms with Gasteiger partial charge in [-0.05, 0) is 35.9 Å². The van der Waals surface area contributed by atoms with Crippen molar-refractivity contribution in [2.45, 2.75) is 39.0 Å². The third-order valence-corrected chi connectivity index (χ3v) is 5.07. The molecule has 0 aliphatic heterocycles. The van der Waals surface area contributed by atoms with E-state index < -0.39 is 24.3 Å². The number of halogens is 3. The number of aliphatic hydroxyl groups excluding tert-OH is 1. The van der Waals surface area contributed by atoms with Gasteiger partial charge in [0, 0.05) is 31.2 Å². The first kappa shape index (κ1) is 24.2. The molecule has 0 aliphatic rings. The number of anilines is 1. The number of amides is 1. The van der Waals surface area contributed by atoms with Gasteiger partial charge in [0.1, 0.15) is 12.3 Å². The molecule has 0 saturated carbocycles. The van der Waals surface area contributed by atoms with E-state index in [0.29, 0.717) is 28.0 Å². The predicted octanol–water partition coefficient (Wildman–Crippen LogP) is 3.26. The van der Waals surface area contributed by atoms with Crippen LogP contribution in [0.15, 0.2) is 47.3 Å². The molecule has 0 unspecified atom stereocenters. The molecule has 0 atom stereocenters. The summed E-state index contributed by atoms with van der Waals surface area (Å²) in [4.78, 5) is 28.8. The Morgan fingerprint density at radius 1 is 1.18 bits per heavy atom. The molecule has 2 aromatic carbocycles. The summed E-state index contributed by atoms with van der Waals surface area (Å²) in [6.45, 7) is 3.53. The molecule has 3 aromatic rings. The number of carbonyl (C=O) groups is 1. The Labute approximate surface area is 188 Å². The zero-order valence-corrected chi connectivity index (χ0v) is 18.2. The molecule has 1 heterocycles. The lowest BCUT2D eigenvalue weighted by molar-refractivity contribution is -0.137. The molecule has 0 aliphatic carbocycles. The van der Waals surface area contributed by atoms with Crippen molar-refractivity contribution in [1.29, 1.82) is 0 Å². The van der Waals surface area contributed by atoms with Crippen LogP contribution in [-0.2, 0) is 24.1 Å². The zero-order valence-electron chi connectivity index (χ0n) is 18.2. The van der Waals surface area contributed by atoms with E-state index in [4.69, 9.17) is 5.11 Å². The van der Waals surface area contributed by atoms with Crippen LogP contribution in [0.1, 0.15) is 36.6 Å². The Morgan fingerprint density at radius 3 is 2.61 bits per heavy atom. The largest absolute Gasteiger partial charge is 0.416 e. The number of hydrogen-bond acceptors (Lipinski definition) is 5. The number of fused-ring (bicyclic) bond motifs is 1. The van der Waals surface area contributed by atoms with Gasteiger partial charge in [-0.2, -0.15) is 13.2 Å². The van der Waals surface area contributed by atoms with Crippen molar-refractivity contribution >= 4 is 22.6 Å². The summed E-state index contributed by atoms with van der Waals surface area (Å²) in [5, 5.41) is 14.5. The van der Waals surface area contributed by atoms with E-state index >= 15 is 0 Å². The number of nitrogens with one attached hydrogen (secondary N) is 2. The molecule has 7 nitrogen and oxygen atoms in total. The van der Waals surface area contributed by atoms with E-state index in [9.17, 15) is 22.8 Å². The molecule has 3 rings (SSSR count). The third kappa shape index (κ3) is 5.89. The van der Waals surface area contributed by atoms with Crippen molar-refractivity contribution in [1.82, 2.24) is 14.9 Å². The first-order valence-electron chi connectivity index (χ1n) is 10.4. The molecular weight excluding hydrogens is 437 g/mol. The fraction of sp³-hybridized carbons (Fsp3) is 0.348. The highest BCUT2D eigenvalue weighted by molar-refractivity contribution is 5.79. The Balaban J connectivity index is 1.90. The molecule has 1 amide bonds. The average Bonchev–Trinajstić information content (AvgIpc) is 2.78. The van der Waals surface area contributed by atoms with E-state index in [1.54, 1.807) is 24.3 Å². The van der Waals surface area contributed by atoms with Crippen LogP contribution in [-0.4, -0.2) is 33.7 Å². The number of benzene rings is 2. The molecular formula is C23H25F3N4O3. The van der Waals surface area contributed by atoms with E-state index in [2.05, 4.69) is 15.6 Å². The third-order valence-electron chi connectivity index (χ3n) is 5.07. The minimum Gasteiger partial charge on any atom is -0.387 e. The van der Waals surface area contributed by atoms with Gasteiger partial charge in [-0.3, -0.25) is 9.59 Å². The van der Waals surface area contributed by atoms with Crippen LogP contribution in [0.5, 0.6) is 0 Å². The quantitative estimate of drug-likeness (QED) is 0.478. The maximum atomic E-state index is 13.0. The van der Waals surface area contributed by atoms with Crippen LogP contribution in [0.2, 0.25) is 0 Å². The Kier molecular flexibility index (Phi) is 7.37. The molecule has 0 saturated heterocycles. The van der Waals surface area contributed by atoms with Gasteiger partial charge in [-0.1, -0.05) is 26.0 Å². The number of nitrogens with zero attached hydrogens (tertiary/aromatic N) is 2. The Morgan fingerprint density at radius 2 is 1.94 bits per heavy atom. The maximum Gasteiger partial charge on any atom is 0.416 e. The van der Waals surface area contributed by atoms with E-state index in [1.807, 2.05) is 13.8 Å². The molecule has 0 radical (unpaired) electrons. The number of aliphatic hydroxyl groups is 1. The van der Waals surface area contributed by atoms with Gasteiger partial charge in [0.25, 0.3) is 5.56 Å². The predicted molar refractivity (Wildman–Crippen MR) is 119 cm³/mol. The van der Waals surface area contributed by atoms with E-state index in [-0.39, 0.29) is 31.1 Å². The van der Waals surface area contributed by atoms with Gasteiger partial charge in [0.15, 0.2) is 0 Å². The normalized spacial score (nSPS) is 11.7. The highest BCUT2D eigenvalue weighted by atomic mass is 19.4. The highest BCUT2D eigenvalue weighted by Gasteiger charge is 2.30. The van der Waals surface area contributed by atoms with Crippen molar-refractivity contribution in [3.05, 3.63) is 69.6 Å². The van der Waals surface area contributed by atoms with Crippen LogP contribution >= 0.6 is 0 Å². The summed E-state index contributed by atoms with van der Waals surface area (Å²) in [5.74, 6) is -0.659. The lowest BCUT2D eigenvalue weighted by Gasteiger charge is -2.16. The monoisotopic (exact) mass is 462 g/mol. The summed E-state index contributed by atoms with van der Waals surface area (Å²) in [6.07, 6.45) is -4.42. The lowest BCUT2D eigenvalue weighted by Crippen LogP contribution is -2.34. The number of hydrogen-bond donors (Lipinski definition) is 3. The number of alkyl halides is 3. The Bertz CT molecular complexity index is 1210. The summed E-state index contributed by atoms with van der Waals surface area (Å²) in [5.41, 5.74) is 1.55. The van der Waals surface area contributed by atoms with Crippen LogP contribution < -0.4 is 16.2 Å². The van der Waals surface area contributed by atoms with Gasteiger partial charge in [0.2, 0.25) is 5.91 Å². The van der Waals surface area contributed by atoms with E-state index in [0.717, 1.165) is 12.1 Å². The first-order chi connectivity index (χ1) is 15.6. The van der Waals surface area contributed by atoms with Gasteiger partial charge >= 0.3 is 6.18 Å². The van der Waals surface area contributed by atoms with Crippen LogP contribution in [0.3, 0.4) is 0 Å². The Hall–Kier alpha value is -3.40. The van der Waals surface area contributed by atoms with Crippen molar-refractivity contribution in [3.8, 4) is 0 Å². The van der Waals surface area contributed by atoms with Gasteiger partial charge < -0.3 is 20.3 Å². The standard InChI is InChI=1S/C23H25F3N4O3/c1-14(2)21-22(33)30(9-8-27-20(32)13-31)19-11-17(6-7-18(19)29-21)28-12-15-4-3-5-16(10-15)23(24,25)26/h3-7,10-11,14,28,31H,8-9,12-13H2,1-2H3,(H,27,32). The molecule has 33 heavy (non-hydrogen) atoms. The molecule has 1 aromatic heterocycles. The van der Waals surface area contributed by atoms with Crippen molar-refractivity contribution in [3.63, 3.8) is 0 Å². The second kappa shape index (κ2) is 10.0. The SMILES string of the molecule is CC(C)c1nc2ccc(NCc3cccc(C(F)(F)F)c3)cc2n(CCNC(=O)CO)c1=O. The minimum absolute atomic E-state index is 0.112. The van der Waals surface area contributed by atoms with Gasteiger partial charge in [-0.15, -0.1) is 0 Å².